The zero-order chi connectivity index (χ0) is 12.3. The van der Waals surface area contributed by atoms with E-state index in [1.807, 2.05) is 0 Å². The van der Waals surface area contributed by atoms with Crippen LogP contribution in [-0.4, -0.2) is 62.5 Å². The van der Waals surface area contributed by atoms with E-state index >= 15 is 0 Å². The molecule has 0 aromatic heterocycles. The van der Waals surface area contributed by atoms with Crippen LogP contribution < -0.4 is 5.32 Å². The standard InChI is InChI=1S/C9H17NO5S/c11-5-3-9(15,4-6(12)7(5)13)8(14)10-1-2-16/h5-7,11-13,15-16H,1-4H2,(H,10,14)/t5-,6-,7?,9?/m0/s1. The maximum absolute atomic E-state index is 11.6. The molecule has 16 heavy (non-hydrogen) atoms. The van der Waals surface area contributed by atoms with Crippen molar-refractivity contribution in [2.24, 2.45) is 0 Å². The molecule has 1 rings (SSSR count). The molecule has 0 aromatic rings. The minimum absolute atomic E-state index is 0.288. The number of aliphatic hydroxyl groups is 4. The molecule has 94 valence electrons. The number of amides is 1. The van der Waals surface area contributed by atoms with Gasteiger partial charge in [0.25, 0.3) is 5.91 Å². The van der Waals surface area contributed by atoms with E-state index in [9.17, 15) is 25.2 Å². The molecule has 0 bridgehead atoms. The third-order valence-corrected chi connectivity index (χ3v) is 2.93. The molecule has 2 atom stereocenters. The minimum atomic E-state index is -1.83. The number of rotatable bonds is 3. The highest BCUT2D eigenvalue weighted by molar-refractivity contribution is 7.80. The molecular weight excluding hydrogens is 234 g/mol. The van der Waals surface area contributed by atoms with Crippen LogP contribution in [0, 0.1) is 0 Å². The zero-order valence-electron chi connectivity index (χ0n) is 8.70. The van der Waals surface area contributed by atoms with Crippen molar-refractivity contribution < 1.29 is 25.2 Å². The van der Waals surface area contributed by atoms with Crippen LogP contribution in [0.25, 0.3) is 0 Å². The first-order valence-electron chi connectivity index (χ1n) is 5.06. The molecule has 0 heterocycles. The molecule has 0 spiro atoms. The number of aliphatic hydroxyl groups excluding tert-OH is 3. The van der Waals surface area contributed by atoms with Gasteiger partial charge in [-0.25, -0.2) is 0 Å². The number of hydrogen-bond acceptors (Lipinski definition) is 6. The molecule has 0 aliphatic heterocycles. The Morgan fingerprint density at radius 3 is 2.25 bits per heavy atom. The van der Waals surface area contributed by atoms with E-state index in [0.717, 1.165) is 0 Å². The number of hydrogen-bond donors (Lipinski definition) is 6. The quantitative estimate of drug-likeness (QED) is 0.314. The van der Waals surface area contributed by atoms with Crippen molar-refractivity contribution in [2.45, 2.75) is 36.8 Å². The second-order valence-corrected chi connectivity index (χ2v) is 4.49. The van der Waals surface area contributed by atoms with Crippen LogP contribution in [0.15, 0.2) is 0 Å². The predicted molar refractivity (Wildman–Crippen MR) is 59.1 cm³/mol. The van der Waals surface area contributed by atoms with Crippen LogP contribution in [0.2, 0.25) is 0 Å². The van der Waals surface area contributed by atoms with Crippen molar-refractivity contribution in [3.05, 3.63) is 0 Å². The maximum Gasteiger partial charge on any atom is 0.252 e. The van der Waals surface area contributed by atoms with Crippen LogP contribution in [0.1, 0.15) is 12.8 Å². The highest BCUT2D eigenvalue weighted by atomic mass is 32.1. The van der Waals surface area contributed by atoms with Crippen molar-refractivity contribution in [3.8, 4) is 0 Å². The van der Waals surface area contributed by atoms with Gasteiger partial charge in [0.15, 0.2) is 0 Å². The first kappa shape index (κ1) is 13.7. The lowest BCUT2D eigenvalue weighted by molar-refractivity contribution is -0.172. The molecule has 0 radical (unpaired) electrons. The van der Waals surface area contributed by atoms with Crippen LogP contribution in [0.5, 0.6) is 0 Å². The molecule has 0 unspecified atom stereocenters. The smallest absolute Gasteiger partial charge is 0.252 e. The Bertz CT molecular complexity index is 250. The number of carbonyl (C=O) groups excluding carboxylic acids is 1. The van der Waals surface area contributed by atoms with Gasteiger partial charge in [-0.3, -0.25) is 4.79 Å². The van der Waals surface area contributed by atoms with E-state index in [1.165, 1.54) is 0 Å². The second kappa shape index (κ2) is 5.33. The van der Waals surface area contributed by atoms with Gasteiger partial charge < -0.3 is 25.7 Å². The van der Waals surface area contributed by atoms with E-state index in [-0.39, 0.29) is 12.8 Å². The Morgan fingerprint density at radius 1 is 1.31 bits per heavy atom. The van der Waals surface area contributed by atoms with Gasteiger partial charge in [-0.2, -0.15) is 12.6 Å². The molecule has 1 saturated carbocycles. The summed E-state index contributed by atoms with van der Waals surface area (Å²) in [7, 11) is 0. The van der Waals surface area contributed by atoms with Gasteiger partial charge in [0.2, 0.25) is 0 Å². The Kier molecular flexibility index (Phi) is 4.57. The number of nitrogens with one attached hydrogen (secondary N) is 1. The molecule has 1 amide bonds. The molecule has 0 aromatic carbocycles. The summed E-state index contributed by atoms with van der Waals surface area (Å²) in [6.45, 7) is 0.291. The Balaban J connectivity index is 2.66. The maximum atomic E-state index is 11.6. The van der Waals surface area contributed by atoms with Crippen molar-refractivity contribution in [3.63, 3.8) is 0 Å². The van der Waals surface area contributed by atoms with Crippen LogP contribution in [0.3, 0.4) is 0 Å². The summed E-state index contributed by atoms with van der Waals surface area (Å²) in [6.07, 6.45) is -4.52. The molecule has 1 aliphatic rings. The number of carbonyl (C=O) groups is 1. The van der Waals surface area contributed by atoms with E-state index in [0.29, 0.717) is 12.3 Å². The highest BCUT2D eigenvalue weighted by Crippen LogP contribution is 2.29. The summed E-state index contributed by atoms with van der Waals surface area (Å²) in [5, 5.41) is 40.5. The lowest BCUT2D eigenvalue weighted by Crippen LogP contribution is -2.59. The molecule has 5 N–H and O–H groups in total. The summed E-state index contributed by atoms with van der Waals surface area (Å²) in [6, 6.07) is 0. The van der Waals surface area contributed by atoms with Gasteiger partial charge in [-0.05, 0) is 0 Å². The fraction of sp³-hybridized carbons (Fsp3) is 0.889. The number of thiol groups is 1. The van der Waals surface area contributed by atoms with Gasteiger partial charge in [0, 0.05) is 25.1 Å². The topological polar surface area (TPSA) is 110 Å². The van der Waals surface area contributed by atoms with Gasteiger partial charge in [0.05, 0.1) is 12.2 Å². The van der Waals surface area contributed by atoms with Crippen molar-refractivity contribution in [1.29, 1.82) is 0 Å². The predicted octanol–water partition coefficient (Wildman–Crippen LogP) is -2.36. The first-order chi connectivity index (χ1) is 7.40. The summed E-state index contributed by atoms with van der Waals surface area (Å²) in [4.78, 5) is 11.6. The molecule has 1 fully saturated rings. The SMILES string of the molecule is O=C(NCCS)C1(O)C[C@H](O)C(O)[C@@H](O)C1. The van der Waals surface area contributed by atoms with Gasteiger partial charge in [-0.15, -0.1) is 0 Å². The summed E-state index contributed by atoms with van der Waals surface area (Å²) < 4.78 is 0. The molecule has 7 heteroatoms. The van der Waals surface area contributed by atoms with E-state index in [1.54, 1.807) is 0 Å². The average molecular weight is 251 g/mol. The fourth-order valence-electron chi connectivity index (χ4n) is 1.79. The Morgan fingerprint density at radius 2 is 1.81 bits per heavy atom. The Hall–Kier alpha value is -0.340. The van der Waals surface area contributed by atoms with Crippen LogP contribution in [-0.2, 0) is 4.79 Å². The van der Waals surface area contributed by atoms with Crippen molar-refractivity contribution in [1.82, 2.24) is 5.32 Å². The van der Waals surface area contributed by atoms with E-state index in [4.69, 9.17) is 0 Å². The fourth-order valence-corrected chi connectivity index (χ4v) is 1.90. The summed E-state index contributed by atoms with van der Waals surface area (Å²) >= 11 is 3.90. The summed E-state index contributed by atoms with van der Waals surface area (Å²) in [5.74, 6) is -0.234. The van der Waals surface area contributed by atoms with Crippen LogP contribution in [0.4, 0.5) is 0 Å². The molecular formula is C9H17NO5S. The highest BCUT2D eigenvalue weighted by Gasteiger charge is 2.47. The first-order valence-corrected chi connectivity index (χ1v) is 5.69. The molecule has 6 nitrogen and oxygen atoms in total. The monoisotopic (exact) mass is 251 g/mol. The third-order valence-electron chi connectivity index (χ3n) is 2.70. The lowest BCUT2D eigenvalue weighted by Gasteiger charge is -2.39. The van der Waals surface area contributed by atoms with Crippen LogP contribution >= 0.6 is 12.6 Å². The van der Waals surface area contributed by atoms with E-state index in [2.05, 4.69) is 17.9 Å². The third kappa shape index (κ3) is 2.86. The van der Waals surface area contributed by atoms with Gasteiger partial charge >= 0.3 is 0 Å². The lowest BCUT2D eigenvalue weighted by atomic mass is 9.79. The normalized spacial score (nSPS) is 39.4. The van der Waals surface area contributed by atoms with Crippen molar-refractivity contribution in [2.75, 3.05) is 12.3 Å². The second-order valence-electron chi connectivity index (χ2n) is 4.04. The average Bonchev–Trinajstić information content (AvgIpc) is 2.22. The largest absolute Gasteiger partial charge is 0.390 e. The Labute approximate surface area is 98.7 Å². The molecule has 0 saturated heterocycles. The minimum Gasteiger partial charge on any atom is -0.390 e. The van der Waals surface area contributed by atoms with Crippen molar-refractivity contribution >= 4 is 18.5 Å². The van der Waals surface area contributed by atoms with Gasteiger partial charge in [0.1, 0.15) is 11.7 Å². The van der Waals surface area contributed by atoms with Gasteiger partial charge in [-0.1, -0.05) is 0 Å². The zero-order valence-corrected chi connectivity index (χ0v) is 9.60. The summed E-state index contributed by atoms with van der Waals surface area (Å²) in [5.41, 5.74) is -1.83. The van der Waals surface area contributed by atoms with E-state index < -0.39 is 29.8 Å². The molecule has 1 aliphatic carbocycles.